The molecular weight excluding hydrogens is 226 g/mol. The lowest BCUT2D eigenvalue weighted by atomic mass is 10.1. The van der Waals surface area contributed by atoms with Crippen molar-refractivity contribution in [1.82, 2.24) is 5.32 Å². The molecule has 0 aromatic heterocycles. The van der Waals surface area contributed by atoms with Crippen molar-refractivity contribution in [2.75, 3.05) is 0 Å². The number of rotatable bonds is 4. The number of amides is 1. The molecule has 0 saturated carbocycles. The molecule has 0 spiro atoms. The highest BCUT2D eigenvalue weighted by molar-refractivity contribution is 5.98. The van der Waals surface area contributed by atoms with E-state index in [1.54, 1.807) is 6.07 Å². The fourth-order valence-electron chi connectivity index (χ4n) is 1.84. The predicted octanol–water partition coefficient (Wildman–Crippen LogP) is 2.55. The third-order valence-electron chi connectivity index (χ3n) is 2.84. The molecule has 0 radical (unpaired) electrons. The van der Waals surface area contributed by atoms with Crippen molar-refractivity contribution >= 4 is 23.0 Å². The van der Waals surface area contributed by atoms with Crippen molar-refractivity contribution in [3.63, 3.8) is 0 Å². The second-order valence-electron chi connectivity index (χ2n) is 4.34. The van der Waals surface area contributed by atoms with Crippen molar-refractivity contribution in [2.45, 2.75) is 19.4 Å². The molecule has 0 heterocycles. The molecule has 1 atom stereocenters. The van der Waals surface area contributed by atoms with E-state index in [1.807, 2.05) is 43.3 Å². The third-order valence-corrected chi connectivity index (χ3v) is 2.84. The molecule has 18 heavy (non-hydrogen) atoms. The summed E-state index contributed by atoms with van der Waals surface area (Å²) in [5, 5.41) is 4.93. The molecule has 3 heteroatoms. The molecule has 0 aliphatic carbocycles. The van der Waals surface area contributed by atoms with Crippen molar-refractivity contribution in [2.24, 2.45) is 0 Å². The zero-order valence-corrected chi connectivity index (χ0v) is 10.2. The Morgan fingerprint density at radius 3 is 2.67 bits per heavy atom. The third kappa shape index (κ3) is 2.74. The van der Waals surface area contributed by atoms with Crippen LogP contribution in [0.3, 0.4) is 0 Å². The monoisotopic (exact) mass is 241 g/mol. The first-order valence-electron chi connectivity index (χ1n) is 5.94. The SMILES string of the molecule is CC(CC=O)NC(=O)c1ccc2ccccc2c1. The van der Waals surface area contributed by atoms with E-state index in [2.05, 4.69) is 5.32 Å². The standard InChI is InChI=1S/C15H15NO2/c1-11(8-9-17)16-15(18)14-7-6-12-4-2-3-5-13(12)10-14/h2-7,9-11H,8H2,1H3,(H,16,18). The molecule has 0 aliphatic rings. The Hall–Kier alpha value is -2.16. The van der Waals surface area contributed by atoms with Gasteiger partial charge >= 0.3 is 0 Å². The highest BCUT2D eigenvalue weighted by atomic mass is 16.1. The zero-order chi connectivity index (χ0) is 13.0. The molecule has 0 saturated heterocycles. The minimum atomic E-state index is -0.143. The number of hydrogen-bond donors (Lipinski definition) is 1. The summed E-state index contributed by atoms with van der Waals surface area (Å²) in [5.74, 6) is -0.143. The minimum Gasteiger partial charge on any atom is -0.349 e. The van der Waals surface area contributed by atoms with Gasteiger partial charge in [0.2, 0.25) is 0 Å². The molecule has 1 N–H and O–H groups in total. The normalized spacial score (nSPS) is 12.1. The van der Waals surface area contributed by atoms with Crippen LogP contribution in [-0.4, -0.2) is 18.2 Å². The van der Waals surface area contributed by atoms with Gasteiger partial charge in [-0.1, -0.05) is 30.3 Å². The lowest BCUT2D eigenvalue weighted by Crippen LogP contribution is -2.32. The van der Waals surface area contributed by atoms with Crippen molar-refractivity contribution in [1.29, 1.82) is 0 Å². The van der Waals surface area contributed by atoms with E-state index in [0.717, 1.165) is 17.1 Å². The van der Waals surface area contributed by atoms with Crippen LogP contribution in [0.1, 0.15) is 23.7 Å². The van der Waals surface area contributed by atoms with Gasteiger partial charge in [-0.05, 0) is 29.8 Å². The fourth-order valence-corrected chi connectivity index (χ4v) is 1.84. The molecule has 92 valence electrons. The Balaban J connectivity index is 2.20. The average Bonchev–Trinajstić information content (AvgIpc) is 2.38. The highest BCUT2D eigenvalue weighted by Gasteiger charge is 2.09. The number of hydrogen-bond acceptors (Lipinski definition) is 2. The van der Waals surface area contributed by atoms with Crippen LogP contribution in [0.4, 0.5) is 0 Å². The van der Waals surface area contributed by atoms with Crippen LogP contribution in [-0.2, 0) is 4.79 Å². The largest absolute Gasteiger partial charge is 0.349 e. The predicted molar refractivity (Wildman–Crippen MR) is 71.6 cm³/mol. The molecule has 2 rings (SSSR count). The van der Waals surface area contributed by atoms with Crippen LogP contribution in [0.15, 0.2) is 42.5 Å². The van der Waals surface area contributed by atoms with Crippen LogP contribution in [0.5, 0.6) is 0 Å². The number of carbonyl (C=O) groups is 2. The Bertz CT molecular complexity index is 577. The maximum atomic E-state index is 11.9. The second-order valence-corrected chi connectivity index (χ2v) is 4.34. The molecule has 2 aromatic carbocycles. The van der Waals surface area contributed by atoms with Gasteiger partial charge in [-0.3, -0.25) is 4.79 Å². The molecule has 1 unspecified atom stereocenters. The molecule has 0 bridgehead atoms. The van der Waals surface area contributed by atoms with E-state index in [4.69, 9.17) is 0 Å². The van der Waals surface area contributed by atoms with Crippen molar-refractivity contribution in [3.05, 3.63) is 48.0 Å². The summed E-state index contributed by atoms with van der Waals surface area (Å²) in [6.07, 6.45) is 1.14. The smallest absolute Gasteiger partial charge is 0.251 e. The summed E-state index contributed by atoms with van der Waals surface area (Å²) >= 11 is 0. The van der Waals surface area contributed by atoms with Crippen LogP contribution in [0.25, 0.3) is 10.8 Å². The lowest BCUT2D eigenvalue weighted by molar-refractivity contribution is -0.108. The van der Waals surface area contributed by atoms with Gasteiger partial charge in [0, 0.05) is 18.0 Å². The Labute approximate surface area is 106 Å². The van der Waals surface area contributed by atoms with Crippen molar-refractivity contribution < 1.29 is 9.59 Å². The molecule has 1 amide bonds. The molecule has 3 nitrogen and oxygen atoms in total. The number of benzene rings is 2. The number of nitrogens with one attached hydrogen (secondary N) is 1. The lowest BCUT2D eigenvalue weighted by Gasteiger charge is -2.11. The first-order valence-corrected chi connectivity index (χ1v) is 5.94. The summed E-state index contributed by atoms with van der Waals surface area (Å²) in [6, 6.07) is 13.3. The molecule has 0 aliphatic heterocycles. The van der Waals surface area contributed by atoms with Crippen LogP contribution >= 0.6 is 0 Å². The summed E-state index contributed by atoms with van der Waals surface area (Å²) in [7, 11) is 0. The average molecular weight is 241 g/mol. The van der Waals surface area contributed by atoms with Gasteiger partial charge < -0.3 is 10.1 Å². The van der Waals surface area contributed by atoms with E-state index < -0.39 is 0 Å². The minimum absolute atomic E-state index is 0.138. The van der Waals surface area contributed by atoms with Gasteiger partial charge in [-0.2, -0.15) is 0 Å². The van der Waals surface area contributed by atoms with Crippen LogP contribution in [0, 0.1) is 0 Å². The van der Waals surface area contributed by atoms with Gasteiger partial charge in [0.1, 0.15) is 6.29 Å². The maximum absolute atomic E-state index is 11.9. The molecular formula is C15H15NO2. The first-order chi connectivity index (χ1) is 8.70. The topological polar surface area (TPSA) is 46.2 Å². The van der Waals surface area contributed by atoms with Gasteiger partial charge in [0.15, 0.2) is 0 Å². The van der Waals surface area contributed by atoms with E-state index in [0.29, 0.717) is 12.0 Å². The van der Waals surface area contributed by atoms with E-state index in [9.17, 15) is 9.59 Å². The highest BCUT2D eigenvalue weighted by Crippen LogP contribution is 2.15. The molecule has 2 aromatic rings. The summed E-state index contributed by atoms with van der Waals surface area (Å²) < 4.78 is 0. The Morgan fingerprint density at radius 2 is 1.94 bits per heavy atom. The quantitative estimate of drug-likeness (QED) is 0.836. The van der Waals surface area contributed by atoms with E-state index >= 15 is 0 Å². The van der Waals surface area contributed by atoms with Gasteiger partial charge in [-0.25, -0.2) is 0 Å². The van der Waals surface area contributed by atoms with Gasteiger partial charge in [-0.15, -0.1) is 0 Å². The fraction of sp³-hybridized carbons (Fsp3) is 0.200. The van der Waals surface area contributed by atoms with Gasteiger partial charge in [0.05, 0.1) is 0 Å². The van der Waals surface area contributed by atoms with Crippen LogP contribution in [0.2, 0.25) is 0 Å². The van der Waals surface area contributed by atoms with Gasteiger partial charge in [0.25, 0.3) is 5.91 Å². The zero-order valence-electron chi connectivity index (χ0n) is 10.2. The Kier molecular flexibility index (Phi) is 3.72. The summed E-state index contributed by atoms with van der Waals surface area (Å²) in [4.78, 5) is 22.3. The Morgan fingerprint density at radius 1 is 1.22 bits per heavy atom. The van der Waals surface area contributed by atoms with Crippen LogP contribution < -0.4 is 5.32 Å². The number of carbonyl (C=O) groups excluding carboxylic acids is 2. The maximum Gasteiger partial charge on any atom is 0.251 e. The first kappa shape index (κ1) is 12.3. The second kappa shape index (κ2) is 5.45. The van der Waals surface area contributed by atoms with Crippen molar-refractivity contribution in [3.8, 4) is 0 Å². The number of fused-ring (bicyclic) bond motifs is 1. The molecule has 0 fully saturated rings. The van der Waals surface area contributed by atoms with E-state index in [1.165, 1.54) is 0 Å². The summed E-state index contributed by atoms with van der Waals surface area (Å²) in [6.45, 7) is 1.81. The van der Waals surface area contributed by atoms with E-state index in [-0.39, 0.29) is 11.9 Å². The summed E-state index contributed by atoms with van der Waals surface area (Å²) in [5.41, 5.74) is 0.617. The number of aldehydes is 1.